The van der Waals surface area contributed by atoms with Gasteiger partial charge in [-0.3, -0.25) is 9.89 Å². The van der Waals surface area contributed by atoms with Crippen molar-refractivity contribution in [1.29, 1.82) is 0 Å². The predicted octanol–water partition coefficient (Wildman–Crippen LogP) is 2.03. The van der Waals surface area contributed by atoms with Gasteiger partial charge in [0.25, 0.3) is 0 Å². The summed E-state index contributed by atoms with van der Waals surface area (Å²) in [6.07, 6.45) is 3.71. The first-order valence-electron chi connectivity index (χ1n) is 9.31. The van der Waals surface area contributed by atoms with Crippen molar-refractivity contribution in [2.24, 2.45) is 4.99 Å². The van der Waals surface area contributed by atoms with Gasteiger partial charge in [0.2, 0.25) is 0 Å². The number of para-hydroxylation sites is 1. The van der Waals surface area contributed by atoms with E-state index in [1.807, 2.05) is 12.1 Å². The summed E-state index contributed by atoms with van der Waals surface area (Å²) in [4.78, 5) is 7.33. The average Bonchev–Trinajstić information content (AvgIpc) is 3.22. The van der Waals surface area contributed by atoms with Crippen molar-refractivity contribution in [3.63, 3.8) is 0 Å². The Kier molecular flexibility index (Phi) is 5.96. The Labute approximate surface area is 145 Å². The van der Waals surface area contributed by atoms with Gasteiger partial charge in [0.15, 0.2) is 5.96 Å². The fourth-order valence-corrected chi connectivity index (χ4v) is 3.63. The number of guanidine groups is 1. The molecule has 0 spiro atoms. The van der Waals surface area contributed by atoms with E-state index < -0.39 is 0 Å². The molecule has 0 saturated carbocycles. The van der Waals surface area contributed by atoms with Crippen LogP contribution < -0.4 is 15.4 Å². The van der Waals surface area contributed by atoms with E-state index >= 15 is 0 Å². The van der Waals surface area contributed by atoms with Crippen LogP contribution in [0, 0.1) is 0 Å². The molecular formula is C19H30N4O. The Hall–Kier alpha value is -1.75. The molecule has 5 nitrogen and oxygen atoms in total. The molecule has 2 N–H and O–H groups in total. The van der Waals surface area contributed by atoms with E-state index in [0.29, 0.717) is 6.04 Å². The first kappa shape index (κ1) is 17.1. The van der Waals surface area contributed by atoms with Crippen LogP contribution in [0.3, 0.4) is 0 Å². The summed E-state index contributed by atoms with van der Waals surface area (Å²) in [5.74, 6) is 1.93. The number of nitrogens with one attached hydrogen (secondary N) is 2. The Bertz CT molecular complexity index is 535. The number of benzene rings is 1. The summed E-state index contributed by atoms with van der Waals surface area (Å²) in [5.41, 5.74) is 1.30. The lowest BCUT2D eigenvalue weighted by Gasteiger charge is -2.22. The third kappa shape index (κ3) is 4.20. The van der Waals surface area contributed by atoms with Crippen molar-refractivity contribution in [3.05, 3.63) is 29.8 Å². The van der Waals surface area contributed by atoms with E-state index in [-0.39, 0.29) is 6.10 Å². The molecule has 3 rings (SSSR count). The highest BCUT2D eigenvalue weighted by Crippen LogP contribution is 2.27. The number of ether oxygens (including phenoxy) is 1. The minimum atomic E-state index is 0.185. The van der Waals surface area contributed by atoms with Gasteiger partial charge in [-0.15, -0.1) is 0 Å². The summed E-state index contributed by atoms with van der Waals surface area (Å²) >= 11 is 0. The molecule has 0 amide bonds. The fourth-order valence-electron chi connectivity index (χ4n) is 3.63. The van der Waals surface area contributed by atoms with Crippen LogP contribution in [0.5, 0.6) is 5.75 Å². The van der Waals surface area contributed by atoms with Crippen LogP contribution in [0.1, 0.15) is 32.3 Å². The quantitative estimate of drug-likeness (QED) is 0.619. The summed E-state index contributed by atoms with van der Waals surface area (Å²) in [7, 11) is 0. The van der Waals surface area contributed by atoms with E-state index in [4.69, 9.17) is 9.73 Å². The number of likely N-dealkylation sites (N-methyl/N-ethyl adjacent to an activating group) is 1. The van der Waals surface area contributed by atoms with Gasteiger partial charge >= 0.3 is 0 Å². The lowest BCUT2D eigenvalue weighted by Crippen LogP contribution is -2.43. The zero-order chi connectivity index (χ0) is 16.8. The molecule has 24 heavy (non-hydrogen) atoms. The van der Waals surface area contributed by atoms with Gasteiger partial charge in [-0.25, -0.2) is 0 Å². The number of nitrogens with zero attached hydrogens (tertiary/aromatic N) is 2. The Morgan fingerprint density at radius 2 is 2.17 bits per heavy atom. The number of hydrogen-bond donors (Lipinski definition) is 2. The second kappa shape index (κ2) is 8.38. The maximum atomic E-state index is 5.99. The Morgan fingerprint density at radius 3 is 2.96 bits per heavy atom. The smallest absolute Gasteiger partial charge is 0.191 e. The molecule has 2 atom stereocenters. The molecule has 5 heteroatoms. The van der Waals surface area contributed by atoms with Crippen LogP contribution in [-0.4, -0.2) is 55.7 Å². The molecule has 2 heterocycles. The van der Waals surface area contributed by atoms with Crippen molar-refractivity contribution < 1.29 is 4.74 Å². The number of rotatable bonds is 6. The highest BCUT2D eigenvalue weighted by atomic mass is 16.5. The molecule has 0 radical (unpaired) electrons. The number of aliphatic imine (C=N–C) groups is 1. The van der Waals surface area contributed by atoms with E-state index in [2.05, 4.69) is 41.5 Å². The molecule has 1 saturated heterocycles. The maximum absolute atomic E-state index is 5.99. The highest BCUT2D eigenvalue weighted by Gasteiger charge is 2.24. The Balaban J connectivity index is 1.50. The number of likely N-dealkylation sites (tertiary alicyclic amines) is 1. The first-order chi connectivity index (χ1) is 11.8. The first-order valence-corrected chi connectivity index (χ1v) is 9.31. The summed E-state index contributed by atoms with van der Waals surface area (Å²) in [6, 6.07) is 8.89. The van der Waals surface area contributed by atoms with Crippen molar-refractivity contribution in [2.45, 2.75) is 45.3 Å². The Morgan fingerprint density at radius 1 is 1.29 bits per heavy atom. The van der Waals surface area contributed by atoms with Gasteiger partial charge in [0.05, 0.1) is 13.1 Å². The lowest BCUT2D eigenvalue weighted by molar-refractivity contribution is 0.234. The average molecular weight is 330 g/mol. The van der Waals surface area contributed by atoms with Crippen LogP contribution in [-0.2, 0) is 6.42 Å². The van der Waals surface area contributed by atoms with Gasteiger partial charge in [-0.2, -0.15) is 0 Å². The second-order valence-corrected chi connectivity index (χ2v) is 6.58. The normalized spacial score (nSPS) is 23.8. The van der Waals surface area contributed by atoms with E-state index in [0.717, 1.165) is 44.3 Å². The van der Waals surface area contributed by atoms with Crippen molar-refractivity contribution in [3.8, 4) is 5.75 Å². The minimum Gasteiger partial charge on any atom is -0.488 e. The van der Waals surface area contributed by atoms with Crippen molar-refractivity contribution >= 4 is 5.96 Å². The third-order valence-corrected chi connectivity index (χ3v) is 4.92. The molecule has 2 aliphatic heterocycles. The summed E-state index contributed by atoms with van der Waals surface area (Å²) in [5, 5.41) is 6.80. The van der Waals surface area contributed by atoms with Gasteiger partial charge in [-0.05, 0) is 44.5 Å². The van der Waals surface area contributed by atoms with Crippen LogP contribution in [0.25, 0.3) is 0 Å². The molecule has 0 aliphatic carbocycles. The SMILES string of the molecule is CCNC(=NCC1CCCN1CC)NCC1Cc2ccccc2O1. The van der Waals surface area contributed by atoms with Gasteiger partial charge in [0, 0.05) is 19.0 Å². The van der Waals surface area contributed by atoms with E-state index in [9.17, 15) is 0 Å². The minimum absolute atomic E-state index is 0.185. The fraction of sp³-hybridized carbons (Fsp3) is 0.632. The van der Waals surface area contributed by atoms with Crippen LogP contribution >= 0.6 is 0 Å². The van der Waals surface area contributed by atoms with Crippen LogP contribution in [0.4, 0.5) is 0 Å². The lowest BCUT2D eigenvalue weighted by atomic mass is 10.1. The summed E-state index contributed by atoms with van der Waals surface area (Å²) < 4.78 is 5.99. The third-order valence-electron chi connectivity index (χ3n) is 4.92. The van der Waals surface area contributed by atoms with E-state index in [1.54, 1.807) is 0 Å². The predicted molar refractivity (Wildman–Crippen MR) is 98.8 cm³/mol. The zero-order valence-corrected chi connectivity index (χ0v) is 14.9. The van der Waals surface area contributed by atoms with E-state index in [1.165, 1.54) is 24.9 Å². The molecular weight excluding hydrogens is 300 g/mol. The molecule has 1 aromatic carbocycles. The summed E-state index contributed by atoms with van der Waals surface area (Å²) in [6.45, 7) is 9.21. The van der Waals surface area contributed by atoms with Crippen molar-refractivity contribution in [2.75, 3.05) is 32.7 Å². The van der Waals surface area contributed by atoms with Gasteiger partial charge < -0.3 is 15.4 Å². The monoisotopic (exact) mass is 330 g/mol. The standard InChI is InChI=1S/C19H30N4O/c1-3-20-19(21-13-16-9-7-11-23(16)4-2)22-14-17-12-15-8-5-6-10-18(15)24-17/h5-6,8,10,16-17H,3-4,7,9,11-14H2,1-2H3,(H2,20,21,22). The molecule has 2 unspecified atom stereocenters. The van der Waals surface area contributed by atoms with Crippen LogP contribution in [0.2, 0.25) is 0 Å². The molecule has 2 aliphatic rings. The largest absolute Gasteiger partial charge is 0.488 e. The molecule has 1 fully saturated rings. The van der Waals surface area contributed by atoms with Crippen LogP contribution in [0.15, 0.2) is 29.3 Å². The van der Waals surface area contributed by atoms with Gasteiger partial charge in [0.1, 0.15) is 11.9 Å². The number of hydrogen-bond acceptors (Lipinski definition) is 3. The maximum Gasteiger partial charge on any atom is 0.191 e. The topological polar surface area (TPSA) is 48.9 Å². The molecule has 0 aromatic heterocycles. The molecule has 132 valence electrons. The second-order valence-electron chi connectivity index (χ2n) is 6.58. The number of fused-ring (bicyclic) bond motifs is 1. The van der Waals surface area contributed by atoms with Gasteiger partial charge in [-0.1, -0.05) is 25.1 Å². The van der Waals surface area contributed by atoms with Crippen molar-refractivity contribution in [1.82, 2.24) is 15.5 Å². The zero-order valence-electron chi connectivity index (χ0n) is 14.9. The highest BCUT2D eigenvalue weighted by molar-refractivity contribution is 5.79. The molecule has 0 bridgehead atoms. The molecule has 1 aromatic rings.